The summed E-state index contributed by atoms with van der Waals surface area (Å²) < 4.78 is 20.4. The first-order valence-electron chi connectivity index (χ1n) is 14.8. The Balaban J connectivity index is 1.96. The van der Waals surface area contributed by atoms with Crippen molar-refractivity contribution in [1.29, 1.82) is 21.0 Å². The summed E-state index contributed by atoms with van der Waals surface area (Å²) in [6, 6.07) is 29.8. The molecule has 0 N–H and O–H groups in total. The normalized spacial score (nSPS) is 10.2. The molecule has 0 heterocycles. The third-order valence-corrected chi connectivity index (χ3v) is 7.80. The maximum Gasteiger partial charge on any atom is 0.292 e. The van der Waals surface area contributed by atoms with Gasteiger partial charge in [-0.2, -0.15) is 0 Å². The third kappa shape index (κ3) is 6.54. The Morgan fingerprint density at radius 3 is 0.915 bits per heavy atom. The zero-order chi connectivity index (χ0) is 33.3. The second kappa shape index (κ2) is 14.4. The van der Waals surface area contributed by atoms with Gasteiger partial charge in [0.25, 0.3) is 25.0 Å². The van der Waals surface area contributed by atoms with E-state index in [1.807, 2.05) is 48.5 Å². The van der Waals surface area contributed by atoms with Crippen LogP contribution in [0.3, 0.4) is 0 Å². The Morgan fingerprint density at radius 1 is 0.447 bits per heavy atom. The molecule has 228 valence electrons. The van der Waals surface area contributed by atoms with Gasteiger partial charge in [-0.1, -0.05) is 69.3 Å². The van der Waals surface area contributed by atoms with Crippen molar-refractivity contribution >= 4 is 0 Å². The van der Waals surface area contributed by atoms with E-state index in [-0.39, 0.29) is 5.92 Å². The molecule has 0 saturated carbocycles. The molecule has 0 fully saturated rings. The van der Waals surface area contributed by atoms with Crippen LogP contribution in [0.25, 0.3) is 44.5 Å². The van der Waals surface area contributed by atoms with Crippen molar-refractivity contribution in [3.63, 3.8) is 0 Å². The molecule has 47 heavy (non-hydrogen) atoms. The van der Waals surface area contributed by atoms with E-state index in [9.17, 15) is 0 Å². The van der Waals surface area contributed by atoms with Crippen LogP contribution < -0.4 is 18.9 Å². The van der Waals surface area contributed by atoms with E-state index in [0.717, 1.165) is 55.6 Å². The van der Waals surface area contributed by atoms with Crippen molar-refractivity contribution in [2.75, 3.05) is 0 Å². The van der Waals surface area contributed by atoms with Crippen LogP contribution in [0, 0.1) is 46.1 Å². The van der Waals surface area contributed by atoms with Gasteiger partial charge in [0.2, 0.25) is 0 Å². The molecule has 8 heteroatoms. The number of nitrogens with zero attached hydrogens (tertiary/aromatic N) is 4. The summed E-state index contributed by atoms with van der Waals surface area (Å²) in [5.41, 5.74) is 9.88. The highest BCUT2D eigenvalue weighted by Crippen LogP contribution is 2.52. The minimum atomic E-state index is 0.0240. The highest BCUT2D eigenvalue weighted by atomic mass is 16.5. The molecule has 5 rings (SSSR count). The van der Waals surface area contributed by atoms with Crippen molar-refractivity contribution in [2.45, 2.75) is 33.1 Å². The zero-order valence-electron chi connectivity index (χ0n) is 25.9. The van der Waals surface area contributed by atoms with Gasteiger partial charge in [0.1, 0.15) is 23.0 Å². The molecule has 0 aromatic heterocycles. The topological polar surface area (TPSA) is 132 Å². The van der Waals surface area contributed by atoms with Gasteiger partial charge in [-0.3, -0.25) is 0 Å². The molecule has 0 spiro atoms. The highest BCUT2D eigenvalue weighted by Gasteiger charge is 2.28. The summed E-state index contributed by atoms with van der Waals surface area (Å²) in [5.74, 6) is 1.75. The molecule has 0 unspecified atom stereocenters. The first-order valence-corrected chi connectivity index (χ1v) is 14.8. The molecule has 0 aliphatic heterocycles. The van der Waals surface area contributed by atoms with Gasteiger partial charge in [-0.25, -0.2) is 0 Å². The lowest BCUT2D eigenvalue weighted by atomic mass is 9.74. The maximum atomic E-state index is 9.09. The van der Waals surface area contributed by atoms with Crippen LogP contribution in [-0.2, 0) is 6.42 Å². The number of ether oxygens (including phenoxy) is 4. The van der Waals surface area contributed by atoms with E-state index in [1.165, 1.54) is 0 Å². The van der Waals surface area contributed by atoms with Crippen LogP contribution in [0.15, 0.2) is 97.1 Å². The zero-order valence-corrected chi connectivity index (χ0v) is 25.9. The summed E-state index contributed by atoms with van der Waals surface area (Å²) in [7, 11) is 0. The monoisotopic (exact) mass is 616 g/mol. The predicted octanol–water partition coefficient (Wildman–Crippen LogP) is 9.48. The van der Waals surface area contributed by atoms with Gasteiger partial charge in [-0.15, -0.1) is 21.0 Å². The van der Waals surface area contributed by atoms with Gasteiger partial charge in [0.15, 0.2) is 0 Å². The molecule has 0 bridgehead atoms. The summed E-state index contributed by atoms with van der Waals surface area (Å²) >= 11 is 0. The molecule has 0 aliphatic carbocycles. The lowest BCUT2D eigenvalue weighted by Gasteiger charge is -2.29. The van der Waals surface area contributed by atoms with Crippen LogP contribution in [0.4, 0.5) is 0 Å². The van der Waals surface area contributed by atoms with E-state index in [4.69, 9.17) is 40.0 Å². The summed E-state index contributed by atoms with van der Waals surface area (Å²) in [4.78, 5) is 0. The van der Waals surface area contributed by atoms with Gasteiger partial charge in [0, 0.05) is 0 Å². The van der Waals surface area contributed by atoms with Gasteiger partial charge < -0.3 is 18.9 Å². The van der Waals surface area contributed by atoms with Crippen LogP contribution in [0.2, 0.25) is 0 Å². The van der Waals surface area contributed by atoms with Crippen LogP contribution in [0.5, 0.6) is 23.0 Å². The van der Waals surface area contributed by atoms with Crippen LogP contribution >= 0.6 is 0 Å². The number of benzene rings is 5. The first-order chi connectivity index (χ1) is 22.9. The molecule has 8 nitrogen and oxygen atoms in total. The SMILES string of the molecule is CCc1c(-c2ccc(OC#N)cc2)c(-c2ccc(OC#N)cc2)c(C(C)C)c(-c2ccc(OC#N)cc2)c1-c1ccc(OC#N)cc1. The highest BCUT2D eigenvalue weighted by molar-refractivity contribution is 6.01. The lowest BCUT2D eigenvalue weighted by molar-refractivity contribution is 0.507. The number of rotatable bonds is 10. The second-order valence-corrected chi connectivity index (χ2v) is 10.8. The molecular formula is C39H28N4O4. The molecule has 5 aromatic carbocycles. The Bertz CT molecular complexity index is 1910. The predicted molar refractivity (Wildman–Crippen MR) is 177 cm³/mol. The fourth-order valence-corrected chi connectivity index (χ4v) is 5.96. The fraction of sp³-hybridized carbons (Fsp3) is 0.128. The van der Waals surface area contributed by atoms with E-state index < -0.39 is 0 Å². The molecule has 0 atom stereocenters. The van der Waals surface area contributed by atoms with Crippen LogP contribution in [0.1, 0.15) is 37.8 Å². The molecular weight excluding hydrogens is 588 g/mol. The Kier molecular flexibility index (Phi) is 9.68. The molecule has 0 aliphatic rings. The van der Waals surface area contributed by atoms with E-state index in [1.54, 1.807) is 73.6 Å². The van der Waals surface area contributed by atoms with Crippen molar-refractivity contribution in [3.8, 4) is 92.5 Å². The summed E-state index contributed by atoms with van der Waals surface area (Å²) in [5, 5.41) is 36.4. The largest absolute Gasteiger partial charge is 0.388 e. The molecule has 0 amide bonds. The van der Waals surface area contributed by atoms with Crippen LogP contribution in [-0.4, -0.2) is 0 Å². The summed E-state index contributed by atoms with van der Waals surface area (Å²) in [6.45, 7) is 6.41. The number of nitriles is 4. The third-order valence-electron chi connectivity index (χ3n) is 7.80. The van der Waals surface area contributed by atoms with E-state index in [0.29, 0.717) is 29.4 Å². The van der Waals surface area contributed by atoms with Crippen molar-refractivity contribution in [2.24, 2.45) is 0 Å². The average Bonchev–Trinajstić information content (AvgIpc) is 3.09. The standard InChI is InChI=1S/C39H28N4O4/c1-4-34-36(26-5-13-30(14-6-26)44-21-40)38(28-9-17-32(18-10-28)46-23-42)35(25(2)3)39(29-11-19-33(20-12-29)47-24-43)37(34)27-7-15-31(16-8-27)45-22-41/h5-20,25H,4H2,1-3H3. The first kappa shape index (κ1) is 31.7. The maximum absolute atomic E-state index is 9.09. The van der Waals surface area contributed by atoms with Crippen molar-refractivity contribution in [3.05, 3.63) is 108 Å². The van der Waals surface area contributed by atoms with Gasteiger partial charge >= 0.3 is 0 Å². The minimum absolute atomic E-state index is 0.0240. The van der Waals surface area contributed by atoms with Crippen molar-refractivity contribution < 1.29 is 18.9 Å². The smallest absolute Gasteiger partial charge is 0.292 e. The number of hydrogen-bond acceptors (Lipinski definition) is 8. The Labute approximate surface area is 273 Å². The van der Waals surface area contributed by atoms with Gasteiger partial charge in [-0.05, 0) is 117 Å². The van der Waals surface area contributed by atoms with E-state index >= 15 is 0 Å². The minimum Gasteiger partial charge on any atom is -0.388 e. The molecule has 0 saturated heterocycles. The van der Waals surface area contributed by atoms with Gasteiger partial charge in [0.05, 0.1) is 0 Å². The fourth-order valence-electron chi connectivity index (χ4n) is 5.96. The number of hydrogen-bond donors (Lipinski definition) is 0. The molecule has 5 aromatic rings. The quantitative estimate of drug-likeness (QED) is 0.142. The Morgan fingerprint density at radius 2 is 0.702 bits per heavy atom. The Hall–Kier alpha value is -6.74. The average molecular weight is 617 g/mol. The van der Waals surface area contributed by atoms with Crippen molar-refractivity contribution in [1.82, 2.24) is 0 Å². The lowest BCUT2D eigenvalue weighted by Crippen LogP contribution is -2.07. The summed E-state index contributed by atoms with van der Waals surface area (Å²) in [6.07, 6.45) is 7.59. The molecule has 0 radical (unpaired) electrons. The van der Waals surface area contributed by atoms with E-state index in [2.05, 4.69) is 20.8 Å². The second-order valence-electron chi connectivity index (χ2n) is 10.8.